The summed E-state index contributed by atoms with van der Waals surface area (Å²) in [5.74, 6) is 1.86. The number of rotatable bonds is 6. The highest BCUT2D eigenvalue weighted by Crippen LogP contribution is 2.36. The van der Waals surface area contributed by atoms with Gasteiger partial charge in [0.1, 0.15) is 5.82 Å². The summed E-state index contributed by atoms with van der Waals surface area (Å²) in [6.45, 7) is 3.24. The largest absolute Gasteiger partial charge is 0.349 e. The van der Waals surface area contributed by atoms with E-state index >= 15 is 0 Å². The first kappa shape index (κ1) is 13.4. The predicted molar refractivity (Wildman–Crippen MR) is 81.9 cm³/mol. The van der Waals surface area contributed by atoms with E-state index in [1.165, 1.54) is 24.0 Å². The maximum Gasteiger partial charge on any atom is 0.106 e. The Morgan fingerprint density at radius 3 is 2.75 bits per heavy atom. The van der Waals surface area contributed by atoms with Gasteiger partial charge in [-0.3, -0.25) is 0 Å². The van der Waals surface area contributed by atoms with Gasteiger partial charge in [0.2, 0.25) is 0 Å². The van der Waals surface area contributed by atoms with Gasteiger partial charge in [-0.25, -0.2) is 4.98 Å². The molecule has 20 heavy (non-hydrogen) atoms. The molecule has 1 saturated carbocycles. The van der Waals surface area contributed by atoms with Gasteiger partial charge in [-0.15, -0.1) is 0 Å². The molecule has 3 rings (SSSR count). The molecule has 1 aliphatic carbocycles. The molecule has 0 atom stereocenters. The minimum absolute atomic E-state index is 0.706. The number of aryl methyl sites for hydroxylation is 2. The highest BCUT2D eigenvalue weighted by atomic mass is 14.9. The highest BCUT2D eigenvalue weighted by Gasteiger charge is 2.29. The Kier molecular flexibility index (Phi) is 4.16. The fraction of sp³-hybridized carbons (Fsp3) is 0.471. The van der Waals surface area contributed by atoms with Gasteiger partial charge in [0.25, 0.3) is 0 Å². The van der Waals surface area contributed by atoms with E-state index in [0.717, 1.165) is 31.1 Å². The third-order valence-corrected chi connectivity index (χ3v) is 4.27. The highest BCUT2D eigenvalue weighted by molar-refractivity contribution is 5.26. The second kappa shape index (κ2) is 6.23. The summed E-state index contributed by atoms with van der Waals surface area (Å²) in [7, 11) is 0. The van der Waals surface area contributed by atoms with E-state index in [1.807, 2.05) is 12.4 Å². The smallest absolute Gasteiger partial charge is 0.106 e. The maximum absolute atomic E-state index is 4.24. The molecule has 0 amide bonds. The number of aromatic nitrogens is 2. The molecule has 3 nitrogen and oxygen atoms in total. The number of hydrogen-bond donors (Lipinski definition) is 2. The van der Waals surface area contributed by atoms with Crippen molar-refractivity contribution in [3.8, 4) is 0 Å². The average molecular weight is 269 g/mol. The van der Waals surface area contributed by atoms with Crippen molar-refractivity contribution < 1.29 is 0 Å². The molecule has 0 saturated heterocycles. The van der Waals surface area contributed by atoms with Crippen molar-refractivity contribution in [2.24, 2.45) is 0 Å². The number of H-pyrrole nitrogens is 1. The molecule has 0 spiro atoms. The zero-order chi connectivity index (χ0) is 13.8. The van der Waals surface area contributed by atoms with Crippen LogP contribution in [-0.4, -0.2) is 22.6 Å². The molecule has 0 aliphatic heterocycles. The number of hydrogen-bond acceptors (Lipinski definition) is 2. The molecule has 1 heterocycles. The van der Waals surface area contributed by atoms with Crippen LogP contribution in [0.1, 0.15) is 42.1 Å². The summed E-state index contributed by atoms with van der Waals surface area (Å²) >= 11 is 0. The van der Waals surface area contributed by atoms with Crippen LogP contribution in [-0.2, 0) is 6.42 Å². The van der Waals surface area contributed by atoms with Crippen LogP contribution in [0.4, 0.5) is 0 Å². The number of nitrogens with one attached hydrogen (secondary N) is 2. The first-order chi connectivity index (χ1) is 9.81. The first-order valence-electron chi connectivity index (χ1n) is 7.59. The maximum atomic E-state index is 4.24. The molecule has 106 valence electrons. The predicted octanol–water partition coefficient (Wildman–Crippen LogP) is 3.19. The van der Waals surface area contributed by atoms with Gasteiger partial charge in [-0.05, 0) is 44.2 Å². The van der Waals surface area contributed by atoms with Crippen molar-refractivity contribution >= 4 is 0 Å². The summed E-state index contributed by atoms with van der Waals surface area (Å²) in [4.78, 5) is 7.39. The molecule has 2 aromatic rings. The zero-order valence-corrected chi connectivity index (χ0v) is 12.1. The van der Waals surface area contributed by atoms with E-state index in [2.05, 4.69) is 46.5 Å². The van der Waals surface area contributed by atoms with Gasteiger partial charge in [0.05, 0.1) is 0 Å². The van der Waals surface area contributed by atoms with E-state index in [1.54, 1.807) is 0 Å². The van der Waals surface area contributed by atoms with Gasteiger partial charge < -0.3 is 10.3 Å². The Hall–Kier alpha value is -1.61. The number of nitrogens with zero attached hydrogens (tertiary/aromatic N) is 1. The monoisotopic (exact) mass is 269 g/mol. The van der Waals surface area contributed by atoms with Crippen LogP contribution in [0.25, 0.3) is 0 Å². The van der Waals surface area contributed by atoms with E-state index in [4.69, 9.17) is 0 Å². The summed E-state index contributed by atoms with van der Waals surface area (Å²) in [5.41, 5.74) is 2.85. The second-order valence-corrected chi connectivity index (χ2v) is 5.87. The van der Waals surface area contributed by atoms with Crippen molar-refractivity contribution in [3.63, 3.8) is 0 Å². The molecule has 1 aromatic carbocycles. The van der Waals surface area contributed by atoms with Gasteiger partial charge in [0, 0.05) is 24.9 Å². The molecule has 0 bridgehead atoms. The van der Waals surface area contributed by atoms with Crippen LogP contribution in [0.15, 0.2) is 36.7 Å². The summed E-state index contributed by atoms with van der Waals surface area (Å²) < 4.78 is 0. The van der Waals surface area contributed by atoms with Gasteiger partial charge in [-0.1, -0.05) is 29.8 Å². The Balaban J connectivity index is 1.33. The zero-order valence-electron chi connectivity index (χ0n) is 12.1. The van der Waals surface area contributed by atoms with E-state index in [9.17, 15) is 0 Å². The SMILES string of the molecule is Cc1ccc(C2CC(NCCCc3ncc[nH]3)C2)cc1. The lowest BCUT2D eigenvalue weighted by Crippen LogP contribution is -2.40. The van der Waals surface area contributed by atoms with Crippen LogP contribution in [0.2, 0.25) is 0 Å². The summed E-state index contributed by atoms with van der Waals surface area (Å²) in [6, 6.07) is 9.72. The van der Waals surface area contributed by atoms with Gasteiger partial charge in [-0.2, -0.15) is 0 Å². The van der Waals surface area contributed by atoms with E-state index in [0.29, 0.717) is 6.04 Å². The van der Waals surface area contributed by atoms with Crippen LogP contribution < -0.4 is 5.32 Å². The lowest BCUT2D eigenvalue weighted by Gasteiger charge is -2.36. The third-order valence-electron chi connectivity index (χ3n) is 4.27. The van der Waals surface area contributed by atoms with Crippen LogP contribution >= 0.6 is 0 Å². The van der Waals surface area contributed by atoms with E-state index in [-0.39, 0.29) is 0 Å². The van der Waals surface area contributed by atoms with Crippen molar-refractivity contribution in [2.45, 2.75) is 44.6 Å². The lowest BCUT2D eigenvalue weighted by atomic mass is 9.76. The number of aromatic amines is 1. The number of imidazole rings is 1. The van der Waals surface area contributed by atoms with Crippen LogP contribution in [0, 0.1) is 6.92 Å². The van der Waals surface area contributed by atoms with Crippen molar-refractivity contribution in [1.29, 1.82) is 0 Å². The fourth-order valence-corrected chi connectivity index (χ4v) is 2.89. The molecule has 1 fully saturated rings. The average Bonchev–Trinajstić information content (AvgIpc) is 2.91. The quantitative estimate of drug-likeness (QED) is 0.791. The number of benzene rings is 1. The van der Waals surface area contributed by atoms with Crippen molar-refractivity contribution in [2.75, 3.05) is 6.54 Å². The Morgan fingerprint density at radius 1 is 1.25 bits per heavy atom. The van der Waals surface area contributed by atoms with E-state index < -0.39 is 0 Å². The third kappa shape index (κ3) is 3.28. The summed E-state index contributed by atoms with van der Waals surface area (Å²) in [5, 5.41) is 3.65. The molecule has 3 heteroatoms. The molecule has 1 aliphatic rings. The topological polar surface area (TPSA) is 40.7 Å². The molecule has 2 N–H and O–H groups in total. The van der Waals surface area contributed by atoms with Gasteiger partial charge in [0.15, 0.2) is 0 Å². The molecule has 0 unspecified atom stereocenters. The fourth-order valence-electron chi connectivity index (χ4n) is 2.89. The summed E-state index contributed by atoms with van der Waals surface area (Å²) in [6.07, 6.45) is 8.46. The molecule has 1 aromatic heterocycles. The molecule has 0 radical (unpaired) electrons. The normalized spacial score (nSPS) is 21.6. The second-order valence-electron chi connectivity index (χ2n) is 5.87. The Bertz CT molecular complexity index is 510. The van der Waals surface area contributed by atoms with Crippen LogP contribution in [0.3, 0.4) is 0 Å². The standard InChI is InChI=1S/C17H23N3/c1-13-4-6-14(7-5-13)15-11-16(12-15)18-8-2-3-17-19-9-10-20-17/h4-7,9-10,15-16,18H,2-3,8,11-12H2,1H3,(H,19,20). The first-order valence-corrected chi connectivity index (χ1v) is 7.59. The minimum Gasteiger partial charge on any atom is -0.349 e. The minimum atomic E-state index is 0.706. The lowest BCUT2D eigenvalue weighted by molar-refractivity contribution is 0.290. The van der Waals surface area contributed by atoms with Crippen molar-refractivity contribution in [3.05, 3.63) is 53.6 Å². The van der Waals surface area contributed by atoms with Crippen molar-refractivity contribution in [1.82, 2.24) is 15.3 Å². The molecular formula is C17H23N3. The van der Waals surface area contributed by atoms with Crippen LogP contribution in [0.5, 0.6) is 0 Å². The van der Waals surface area contributed by atoms with Gasteiger partial charge >= 0.3 is 0 Å². The Labute approximate surface area is 120 Å². The molecular weight excluding hydrogens is 246 g/mol. The Morgan fingerprint density at radius 2 is 2.05 bits per heavy atom.